The lowest BCUT2D eigenvalue weighted by atomic mass is 9.97. The summed E-state index contributed by atoms with van der Waals surface area (Å²) >= 11 is 1.83. The van der Waals surface area contributed by atoms with Crippen LogP contribution in [0.25, 0.3) is 75.5 Å². The average Bonchev–Trinajstić information content (AvgIpc) is 3.70. The molecule has 2 heterocycles. The molecule has 0 atom stereocenters. The van der Waals surface area contributed by atoms with Gasteiger partial charge in [-0.15, -0.1) is 11.3 Å². The minimum Gasteiger partial charge on any atom is -0.309 e. The Labute approximate surface area is 282 Å². The molecule has 0 N–H and O–H groups in total. The lowest BCUT2D eigenvalue weighted by Gasteiger charge is -2.26. The van der Waals surface area contributed by atoms with Crippen molar-refractivity contribution < 1.29 is 0 Å². The molecule has 9 aromatic rings. The minimum atomic E-state index is 1.12. The molecule has 0 unspecified atom stereocenters. The van der Waals surface area contributed by atoms with Crippen molar-refractivity contribution in [3.8, 4) is 44.5 Å². The zero-order valence-electron chi connectivity index (χ0n) is 26.0. The third kappa shape index (κ3) is 4.22. The van der Waals surface area contributed by atoms with Crippen LogP contribution in [0.15, 0.2) is 170 Å². The van der Waals surface area contributed by atoms with Gasteiger partial charge >= 0.3 is 0 Å². The normalized spacial score (nSPS) is 11.8. The zero-order valence-corrected chi connectivity index (χ0v) is 26.8. The van der Waals surface area contributed by atoms with Crippen LogP contribution in [0.3, 0.4) is 0 Å². The molecule has 0 saturated heterocycles. The summed E-state index contributed by atoms with van der Waals surface area (Å²) in [6.45, 7) is 0. The van der Waals surface area contributed by atoms with E-state index in [2.05, 4.69) is 168 Å². The molecule has 0 bridgehead atoms. The highest BCUT2D eigenvalue weighted by atomic mass is 32.1. The van der Waals surface area contributed by atoms with E-state index in [0.717, 1.165) is 17.1 Å². The molecule has 0 fully saturated rings. The Balaban J connectivity index is 1.09. The van der Waals surface area contributed by atoms with E-state index in [1.54, 1.807) is 0 Å². The largest absolute Gasteiger partial charge is 0.309 e. The number of benzene rings is 7. The van der Waals surface area contributed by atoms with Gasteiger partial charge in [-0.2, -0.15) is 0 Å². The molecule has 7 aromatic carbocycles. The Morgan fingerprint density at radius 3 is 1.85 bits per heavy atom. The highest BCUT2D eigenvalue weighted by Gasteiger charge is 2.22. The van der Waals surface area contributed by atoms with Gasteiger partial charge < -0.3 is 4.90 Å². The van der Waals surface area contributed by atoms with Crippen LogP contribution in [0.4, 0.5) is 17.1 Å². The van der Waals surface area contributed by atoms with Crippen molar-refractivity contribution in [1.29, 1.82) is 0 Å². The average molecular weight is 629 g/mol. The molecule has 0 saturated carbocycles. The van der Waals surface area contributed by atoms with Crippen LogP contribution in [0, 0.1) is 0 Å². The number of hydrogen-bond donors (Lipinski definition) is 0. The Morgan fingerprint density at radius 2 is 1.10 bits per heavy atom. The third-order valence-electron chi connectivity index (χ3n) is 9.71. The van der Waals surface area contributed by atoms with Crippen LogP contribution in [0.2, 0.25) is 0 Å². The minimum absolute atomic E-state index is 1.12. The van der Waals surface area contributed by atoms with Crippen LogP contribution in [-0.2, 0) is 0 Å². The van der Waals surface area contributed by atoms with E-state index in [0.29, 0.717) is 0 Å². The van der Waals surface area contributed by atoms with Gasteiger partial charge in [-0.3, -0.25) is 4.98 Å². The predicted molar refractivity (Wildman–Crippen MR) is 205 cm³/mol. The van der Waals surface area contributed by atoms with Crippen LogP contribution < -0.4 is 4.90 Å². The summed E-state index contributed by atoms with van der Waals surface area (Å²) in [7, 11) is 0. The summed E-state index contributed by atoms with van der Waals surface area (Å²) in [5, 5.41) is 5.09. The van der Waals surface area contributed by atoms with Gasteiger partial charge in [-0.1, -0.05) is 115 Å². The molecular formula is C45H28N2S. The van der Waals surface area contributed by atoms with E-state index >= 15 is 0 Å². The van der Waals surface area contributed by atoms with Crippen LogP contribution >= 0.6 is 11.3 Å². The van der Waals surface area contributed by atoms with Gasteiger partial charge in [0.1, 0.15) is 0 Å². The van der Waals surface area contributed by atoms with Crippen LogP contribution in [0.1, 0.15) is 0 Å². The van der Waals surface area contributed by atoms with Crippen molar-refractivity contribution in [3.63, 3.8) is 0 Å². The van der Waals surface area contributed by atoms with Gasteiger partial charge in [0.05, 0.1) is 10.4 Å². The number of anilines is 3. The van der Waals surface area contributed by atoms with Crippen LogP contribution in [-0.4, -0.2) is 4.98 Å². The number of rotatable bonds is 5. The Hall–Kier alpha value is -6.03. The van der Waals surface area contributed by atoms with E-state index in [4.69, 9.17) is 0 Å². The fourth-order valence-electron chi connectivity index (χ4n) is 7.44. The fourth-order valence-corrected chi connectivity index (χ4v) is 8.61. The van der Waals surface area contributed by atoms with Gasteiger partial charge in [0.25, 0.3) is 0 Å². The Morgan fingerprint density at radius 1 is 0.458 bits per heavy atom. The highest BCUT2D eigenvalue weighted by molar-refractivity contribution is 7.26. The predicted octanol–water partition coefficient (Wildman–Crippen LogP) is 13.1. The van der Waals surface area contributed by atoms with E-state index < -0.39 is 0 Å². The monoisotopic (exact) mass is 628 g/mol. The van der Waals surface area contributed by atoms with Crippen molar-refractivity contribution in [1.82, 2.24) is 4.98 Å². The molecule has 1 aliphatic rings. The number of aromatic nitrogens is 1. The van der Waals surface area contributed by atoms with Crippen molar-refractivity contribution in [2.24, 2.45) is 0 Å². The van der Waals surface area contributed by atoms with E-state index in [-0.39, 0.29) is 0 Å². The maximum atomic E-state index is 4.44. The number of fused-ring (bicyclic) bond motifs is 6. The molecule has 2 nitrogen and oxygen atoms in total. The molecule has 3 heteroatoms. The molecule has 10 rings (SSSR count). The summed E-state index contributed by atoms with van der Waals surface area (Å²) in [4.78, 5) is 6.83. The van der Waals surface area contributed by atoms with E-state index in [1.807, 2.05) is 23.7 Å². The molecule has 0 aliphatic heterocycles. The van der Waals surface area contributed by atoms with Crippen molar-refractivity contribution >= 4 is 59.3 Å². The zero-order chi connectivity index (χ0) is 31.6. The molecule has 0 spiro atoms. The third-order valence-corrected chi connectivity index (χ3v) is 10.9. The smallest absolute Gasteiger partial charge is 0.0640 e. The molecular weight excluding hydrogens is 601 g/mol. The summed E-state index contributed by atoms with van der Waals surface area (Å²) in [5.74, 6) is 0. The molecule has 224 valence electrons. The first-order chi connectivity index (χ1) is 23.8. The second kappa shape index (κ2) is 10.8. The number of nitrogens with zero attached hydrogens (tertiary/aromatic N) is 2. The van der Waals surface area contributed by atoms with Crippen molar-refractivity contribution in [2.45, 2.75) is 0 Å². The lowest BCUT2D eigenvalue weighted by Crippen LogP contribution is -2.10. The van der Waals surface area contributed by atoms with Crippen LogP contribution in [0.5, 0.6) is 0 Å². The number of thiophene rings is 1. The maximum Gasteiger partial charge on any atom is 0.0640 e. The molecule has 0 amide bonds. The highest BCUT2D eigenvalue weighted by Crippen LogP contribution is 2.49. The Bertz CT molecular complexity index is 2650. The Kier molecular flexibility index (Phi) is 6.08. The first-order valence-corrected chi connectivity index (χ1v) is 17.1. The molecule has 48 heavy (non-hydrogen) atoms. The quantitative estimate of drug-likeness (QED) is 0.188. The summed E-state index contributed by atoms with van der Waals surface area (Å²) in [6.07, 6.45) is 3.87. The maximum absolute atomic E-state index is 4.44. The summed E-state index contributed by atoms with van der Waals surface area (Å²) in [6, 6.07) is 57.5. The number of hydrogen-bond acceptors (Lipinski definition) is 3. The second-order valence-corrected chi connectivity index (χ2v) is 13.4. The first-order valence-electron chi connectivity index (χ1n) is 16.3. The summed E-state index contributed by atoms with van der Waals surface area (Å²) < 4.78 is 2.50. The first kappa shape index (κ1) is 27.1. The fraction of sp³-hybridized carbons (Fsp3) is 0. The van der Waals surface area contributed by atoms with Crippen molar-refractivity contribution in [3.05, 3.63) is 170 Å². The molecule has 2 aromatic heterocycles. The van der Waals surface area contributed by atoms with E-state index in [9.17, 15) is 0 Å². The van der Waals surface area contributed by atoms with Gasteiger partial charge in [0, 0.05) is 39.2 Å². The van der Waals surface area contributed by atoms with Gasteiger partial charge in [-0.25, -0.2) is 0 Å². The van der Waals surface area contributed by atoms with Crippen molar-refractivity contribution in [2.75, 3.05) is 4.90 Å². The second-order valence-electron chi connectivity index (χ2n) is 12.4. The summed E-state index contributed by atoms with van der Waals surface area (Å²) in [5.41, 5.74) is 13.5. The van der Waals surface area contributed by atoms with E-state index in [1.165, 1.54) is 75.5 Å². The van der Waals surface area contributed by atoms with Gasteiger partial charge in [0.15, 0.2) is 0 Å². The van der Waals surface area contributed by atoms with Gasteiger partial charge in [-0.05, 0) is 97.7 Å². The lowest BCUT2D eigenvalue weighted by molar-refractivity contribution is 1.30. The molecule has 1 aliphatic carbocycles. The topological polar surface area (TPSA) is 16.1 Å². The SMILES string of the molecule is c1ccc(-c2ccc(N(c3ccc(-c4ccc5c(c4)-c4cccc6cccc-5c46)cc3)c3cccc4c3sc3ccncc34)cc2)cc1. The standard InChI is InChI=1S/C45H28N2S/c1-2-7-29(8-3-1)30-15-20-34(21-16-30)47(42-14-6-13-39-41-28-46-26-25-43(41)48-45(39)42)35-22-17-31(18-23-35)33-19-24-36-37-11-4-9-32-10-5-12-38(44(32)37)40(36)27-33/h1-28H. The molecule has 0 radical (unpaired) electrons. The van der Waals surface area contributed by atoms with Gasteiger partial charge in [0.2, 0.25) is 0 Å². The number of pyridine rings is 1.